The zero-order chi connectivity index (χ0) is 14.7. The molecule has 0 saturated carbocycles. The van der Waals surface area contributed by atoms with Gasteiger partial charge in [0.1, 0.15) is 11.5 Å². The minimum atomic E-state index is -0.495. The second kappa shape index (κ2) is 5.35. The number of non-ortho nitro benzene ring substituents is 1. The van der Waals surface area contributed by atoms with Gasteiger partial charge >= 0.3 is 0 Å². The van der Waals surface area contributed by atoms with Gasteiger partial charge in [0.25, 0.3) is 11.6 Å². The molecular weight excluding hydrogens is 260 g/mol. The first-order chi connectivity index (χ1) is 9.49. The van der Waals surface area contributed by atoms with E-state index in [0.717, 1.165) is 0 Å². The van der Waals surface area contributed by atoms with Gasteiger partial charge in [-0.2, -0.15) is 0 Å². The average Bonchev–Trinajstić information content (AvgIpc) is 2.46. The number of benzene rings is 1. The van der Waals surface area contributed by atoms with Crippen LogP contribution in [-0.4, -0.2) is 22.9 Å². The predicted octanol–water partition coefficient (Wildman–Crippen LogP) is 1.85. The largest absolute Gasteiger partial charge is 0.384 e. The number of nitrogen functional groups attached to an aromatic ring is 1. The van der Waals surface area contributed by atoms with Crippen molar-refractivity contribution in [3.8, 4) is 0 Å². The third-order valence-corrected chi connectivity index (χ3v) is 2.74. The van der Waals surface area contributed by atoms with Gasteiger partial charge in [-0.3, -0.25) is 14.9 Å². The Hall–Kier alpha value is -2.96. The van der Waals surface area contributed by atoms with Crippen LogP contribution in [-0.2, 0) is 0 Å². The van der Waals surface area contributed by atoms with E-state index < -0.39 is 4.92 Å². The molecule has 1 amide bonds. The molecule has 20 heavy (non-hydrogen) atoms. The molecule has 1 aromatic carbocycles. The number of aromatic nitrogens is 1. The molecule has 2 rings (SSSR count). The van der Waals surface area contributed by atoms with Gasteiger partial charge < -0.3 is 10.6 Å². The summed E-state index contributed by atoms with van der Waals surface area (Å²) in [7, 11) is 1.56. The monoisotopic (exact) mass is 272 g/mol. The van der Waals surface area contributed by atoms with E-state index in [1.165, 1.54) is 29.2 Å². The van der Waals surface area contributed by atoms with Crippen LogP contribution in [0.4, 0.5) is 17.2 Å². The Morgan fingerprint density at radius 2 is 1.90 bits per heavy atom. The molecule has 1 aromatic heterocycles. The van der Waals surface area contributed by atoms with Crippen LogP contribution in [0.2, 0.25) is 0 Å². The molecule has 102 valence electrons. The van der Waals surface area contributed by atoms with E-state index >= 15 is 0 Å². The van der Waals surface area contributed by atoms with Crippen molar-refractivity contribution in [1.29, 1.82) is 0 Å². The Labute approximate surface area is 114 Å². The van der Waals surface area contributed by atoms with Crippen LogP contribution in [0.15, 0.2) is 42.5 Å². The van der Waals surface area contributed by atoms with Crippen LogP contribution in [0.25, 0.3) is 0 Å². The van der Waals surface area contributed by atoms with Crippen molar-refractivity contribution in [2.75, 3.05) is 17.7 Å². The van der Waals surface area contributed by atoms with E-state index in [4.69, 9.17) is 5.73 Å². The molecule has 0 bridgehead atoms. The minimum absolute atomic E-state index is 0.0309. The predicted molar refractivity (Wildman–Crippen MR) is 74.5 cm³/mol. The Morgan fingerprint density at radius 3 is 2.45 bits per heavy atom. The maximum Gasteiger partial charge on any atom is 0.276 e. The normalized spacial score (nSPS) is 10.1. The highest BCUT2D eigenvalue weighted by Gasteiger charge is 2.16. The summed E-state index contributed by atoms with van der Waals surface area (Å²) in [6.07, 6.45) is 0. The number of rotatable bonds is 3. The fourth-order valence-corrected chi connectivity index (χ4v) is 1.66. The molecule has 2 N–H and O–H groups in total. The van der Waals surface area contributed by atoms with Gasteiger partial charge in [-0.1, -0.05) is 6.07 Å². The number of hydrogen-bond acceptors (Lipinski definition) is 5. The second-order valence-electron chi connectivity index (χ2n) is 4.09. The van der Waals surface area contributed by atoms with Crippen molar-refractivity contribution in [2.24, 2.45) is 0 Å². The number of hydrogen-bond donors (Lipinski definition) is 1. The maximum absolute atomic E-state index is 12.2. The second-order valence-corrected chi connectivity index (χ2v) is 4.09. The van der Waals surface area contributed by atoms with Crippen molar-refractivity contribution in [2.45, 2.75) is 0 Å². The third kappa shape index (κ3) is 2.72. The summed E-state index contributed by atoms with van der Waals surface area (Å²) in [5, 5.41) is 10.6. The lowest BCUT2D eigenvalue weighted by Crippen LogP contribution is -2.27. The summed E-state index contributed by atoms with van der Waals surface area (Å²) < 4.78 is 0. The van der Waals surface area contributed by atoms with E-state index in [0.29, 0.717) is 5.69 Å². The molecular formula is C13H12N4O3. The van der Waals surface area contributed by atoms with Crippen molar-refractivity contribution < 1.29 is 9.72 Å². The number of carbonyl (C=O) groups is 1. The van der Waals surface area contributed by atoms with Gasteiger partial charge in [-0.25, -0.2) is 4.98 Å². The highest BCUT2D eigenvalue weighted by molar-refractivity contribution is 6.04. The molecule has 0 unspecified atom stereocenters. The summed E-state index contributed by atoms with van der Waals surface area (Å²) in [6.45, 7) is 0. The Kier molecular flexibility index (Phi) is 3.60. The first kappa shape index (κ1) is 13.5. The Balaban J connectivity index is 2.24. The van der Waals surface area contributed by atoms with E-state index in [1.807, 2.05) is 0 Å². The van der Waals surface area contributed by atoms with Gasteiger partial charge in [0, 0.05) is 24.9 Å². The molecule has 0 atom stereocenters. The molecule has 1 heterocycles. The number of nitrogens with zero attached hydrogens (tertiary/aromatic N) is 3. The van der Waals surface area contributed by atoms with Crippen molar-refractivity contribution in [3.05, 3.63) is 58.3 Å². The Bertz CT molecular complexity index is 655. The molecule has 0 aliphatic carbocycles. The van der Waals surface area contributed by atoms with Crippen molar-refractivity contribution in [1.82, 2.24) is 4.98 Å². The third-order valence-electron chi connectivity index (χ3n) is 2.74. The van der Waals surface area contributed by atoms with Gasteiger partial charge in [0.2, 0.25) is 0 Å². The molecule has 0 aliphatic heterocycles. The van der Waals surface area contributed by atoms with Gasteiger partial charge in [-0.05, 0) is 24.3 Å². The summed E-state index contributed by atoms with van der Waals surface area (Å²) in [5.74, 6) is -0.0842. The molecule has 7 nitrogen and oxygen atoms in total. The lowest BCUT2D eigenvalue weighted by molar-refractivity contribution is -0.384. The van der Waals surface area contributed by atoms with Crippen molar-refractivity contribution in [3.63, 3.8) is 0 Å². The van der Waals surface area contributed by atoms with Crippen molar-refractivity contribution >= 4 is 23.1 Å². The fourth-order valence-electron chi connectivity index (χ4n) is 1.66. The lowest BCUT2D eigenvalue weighted by atomic mass is 10.2. The first-order valence-corrected chi connectivity index (χ1v) is 5.74. The number of pyridine rings is 1. The number of nitrogens with two attached hydrogens (primary N) is 1. The number of carbonyl (C=O) groups excluding carboxylic acids is 1. The van der Waals surface area contributed by atoms with E-state index in [9.17, 15) is 14.9 Å². The van der Waals surface area contributed by atoms with E-state index in [-0.39, 0.29) is 23.1 Å². The van der Waals surface area contributed by atoms with Gasteiger partial charge in [-0.15, -0.1) is 0 Å². The minimum Gasteiger partial charge on any atom is -0.384 e. The molecule has 2 aromatic rings. The van der Waals surface area contributed by atoms with Crippen LogP contribution >= 0.6 is 0 Å². The standard InChI is InChI=1S/C13H12N4O3/c1-16(9-5-7-10(8-6-9)17(19)20)13(18)11-3-2-4-12(14)15-11/h2-8H,1H3,(H2,14,15). The highest BCUT2D eigenvalue weighted by atomic mass is 16.6. The zero-order valence-corrected chi connectivity index (χ0v) is 10.7. The number of nitro benzene ring substituents is 1. The fraction of sp³-hybridized carbons (Fsp3) is 0.0769. The van der Waals surface area contributed by atoms with Crippen LogP contribution in [0.3, 0.4) is 0 Å². The average molecular weight is 272 g/mol. The summed E-state index contributed by atoms with van der Waals surface area (Å²) in [6, 6.07) is 10.5. The van der Waals surface area contributed by atoms with Gasteiger partial charge in [0.15, 0.2) is 0 Å². The molecule has 0 aliphatic rings. The summed E-state index contributed by atoms with van der Waals surface area (Å²) >= 11 is 0. The summed E-state index contributed by atoms with van der Waals surface area (Å²) in [5.41, 5.74) is 6.25. The molecule has 7 heteroatoms. The quantitative estimate of drug-likeness (QED) is 0.678. The van der Waals surface area contributed by atoms with E-state index in [2.05, 4.69) is 4.98 Å². The van der Waals surface area contributed by atoms with Crippen LogP contribution in [0, 0.1) is 10.1 Å². The SMILES string of the molecule is CN(C(=O)c1cccc(N)n1)c1ccc([N+](=O)[O-])cc1. The smallest absolute Gasteiger partial charge is 0.276 e. The highest BCUT2D eigenvalue weighted by Crippen LogP contribution is 2.19. The van der Waals surface area contributed by atoms with Crippen LogP contribution in [0.1, 0.15) is 10.5 Å². The molecule has 0 spiro atoms. The lowest BCUT2D eigenvalue weighted by Gasteiger charge is -2.16. The zero-order valence-electron chi connectivity index (χ0n) is 10.7. The molecule has 0 fully saturated rings. The molecule has 0 saturated heterocycles. The van der Waals surface area contributed by atoms with Gasteiger partial charge in [0.05, 0.1) is 4.92 Å². The number of amides is 1. The topological polar surface area (TPSA) is 102 Å². The van der Waals surface area contributed by atoms with Crippen LogP contribution in [0.5, 0.6) is 0 Å². The van der Waals surface area contributed by atoms with E-state index in [1.54, 1.807) is 25.2 Å². The number of anilines is 2. The summed E-state index contributed by atoms with van der Waals surface area (Å²) in [4.78, 5) is 27.6. The molecule has 0 radical (unpaired) electrons. The first-order valence-electron chi connectivity index (χ1n) is 5.74. The Morgan fingerprint density at radius 1 is 1.25 bits per heavy atom. The maximum atomic E-state index is 12.2. The van der Waals surface area contributed by atoms with Crippen LogP contribution < -0.4 is 10.6 Å². The number of nitro groups is 1.